The molecular weight excluding hydrogens is 414 g/mol. The van der Waals surface area contributed by atoms with Crippen LogP contribution in [0.5, 0.6) is 11.5 Å². The van der Waals surface area contributed by atoms with Gasteiger partial charge < -0.3 is 20.1 Å². The number of hydrogen-bond donors (Lipinski definition) is 1. The fourth-order valence-electron chi connectivity index (χ4n) is 4.58. The van der Waals surface area contributed by atoms with Crippen LogP contribution >= 0.6 is 0 Å². The molecule has 2 N–H and O–H groups in total. The molecule has 33 heavy (non-hydrogen) atoms. The first-order valence-electron chi connectivity index (χ1n) is 11.7. The number of likely N-dealkylation sites (tertiary alicyclic amines) is 1. The van der Waals surface area contributed by atoms with Crippen molar-refractivity contribution < 1.29 is 14.3 Å². The number of ether oxygens (including phenoxy) is 2. The average Bonchev–Trinajstić information content (AvgIpc) is 2.83. The van der Waals surface area contributed by atoms with Crippen molar-refractivity contribution in [1.82, 2.24) is 4.90 Å². The van der Waals surface area contributed by atoms with Gasteiger partial charge in [0.25, 0.3) is 5.91 Å². The lowest BCUT2D eigenvalue weighted by molar-refractivity contribution is 0.0285. The Morgan fingerprint density at radius 3 is 2.52 bits per heavy atom. The van der Waals surface area contributed by atoms with Crippen LogP contribution in [0.25, 0.3) is 0 Å². The molecule has 4 rings (SSSR count). The van der Waals surface area contributed by atoms with E-state index in [9.17, 15) is 4.79 Å². The van der Waals surface area contributed by atoms with Gasteiger partial charge in [0, 0.05) is 55.9 Å². The maximum atomic E-state index is 13.1. The number of rotatable bonds is 5. The number of para-hydroxylation sites is 1. The van der Waals surface area contributed by atoms with E-state index < -0.39 is 5.60 Å². The third-order valence-corrected chi connectivity index (χ3v) is 6.51. The van der Waals surface area contributed by atoms with Crippen LogP contribution in [0.2, 0.25) is 0 Å². The highest BCUT2D eigenvalue weighted by atomic mass is 16.5. The molecule has 1 amide bonds. The zero-order valence-corrected chi connectivity index (χ0v) is 19.7. The Morgan fingerprint density at radius 2 is 1.88 bits per heavy atom. The SMILES string of the molecule is CN=C1C(=CN)C2(CCN(C(=O)c3ccc(OCCC(C)C)cc3)CC2)Oc2ccccc21. The van der Waals surface area contributed by atoms with Gasteiger partial charge in [-0.2, -0.15) is 0 Å². The van der Waals surface area contributed by atoms with E-state index in [1.807, 2.05) is 53.4 Å². The molecule has 1 spiro atoms. The van der Waals surface area contributed by atoms with Crippen LogP contribution in [-0.4, -0.2) is 48.9 Å². The van der Waals surface area contributed by atoms with Crippen molar-refractivity contribution in [2.75, 3.05) is 26.7 Å². The molecule has 174 valence electrons. The molecular formula is C27H33N3O3. The highest BCUT2D eigenvalue weighted by Gasteiger charge is 2.46. The molecule has 2 heterocycles. The van der Waals surface area contributed by atoms with Crippen molar-refractivity contribution in [2.45, 2.75) is 38.7 Å². The summed E-state index contributed by atoms with van der Waals surface area (Å²) in [6.45, 7) is 6.20. The van der Waals surface area contributed by atoms with Crippen LogP contribution in [0.15, 0.2) is 65.3 Å². The summed E-state index contributed by atoms with van der Waals surface area (Å²) in [4.78, 5) is 19.6. The minimum atomic E-state index is -0.567. The number of hydrogen-bond acceptors (Lipinski definition) is 5. The predicted molar refractivity (Wildman–Crippen MR) is 131 cm³/mol. The van der Waals surface area contributed by atoms with Crippen LogP contribution in [0.1, 0.15) is 49.0 Å². The number of aliphatic imine (C=N–C) groups is 1. The summed E-state index contributed by atoms with van der Waals surface area (Å²) in [7, 11) is 1.78. The van der Waals surface area contributed by atoms with Gasteiger partial charge in [0.05, 0.1) is 12.3 Å². The Hall–Kier alpha value is -3.28. The molecule has 2 aromatic rings. The lowest BCUT2D eigenvalue weighted by Crippen LogP contribution is -2.54. The summed E-state index contributed by atoms with van der Waals surface area (Å²) in [6.07, 6.45) is 3.94. The Bertz CT molecular complexity index is 1050. The molecule has 0 aromatic heterocycles. The quantitative estimate of drug-likeness (QED) is 0.735. The van der Waals surface area contributed by atoms with Crippen LogP contribution in [0, 0.1) is 5.92 Å². The zero-order valence-electron chi connectivity index (χ0n) is 19.7. The van der Waals surface area contributed by atoms with E-state index in [1.165, 1.54) is 0 Å². The third kappa shape index (κ3) is 4.61. The van der Waals surface area contributed by atoms with Crippen molar-refractivity contribution in [3.05, 3.63) is 71.4 Å². The van der Waals surface area contributed by atoms with Crippen molar-refractivity contribution in [2.24, 2.45) is 16.6 Å². The molecule has 1 saturated heterocycles. The van der Waals surface area contributed by atoms with E-state index in [0.717, 1.165) is 34.8 Å². The van der Waals surface area contributed by atoms with Crippen molar-refractivity contribution >= 4 is 11.6 Å². The number of nitrogens with two attached hydrogens (primary N) is 1. The van der Waals surface area contributed by atoms with Gasteiger partial charge in [0.1, 0.15) is 17.1 Å². The van der Waals surface area contributed by atoms with Crippen molar-refractivity contribution in [3.63, 3.8) is 0 Å². The highest BCUT2D eigenvalue weighted by molar-refractivity contribution is 6.16. The van der Waals surface area contributed by atoms with Crippen molar-refractivity contribution in [1.29, 1.82) is 0 Å². The molecule has 0 unspecified atom stereocenters. The van der Waals surface area contributed by atoms with Gasteiger partial charge in [-0.3, -0.25) is 9.79 Å². The number of carbonyl (C=O) groups excluding carboxylic acids is 1. The Balaban J connectivity index is 1.44. The molecule has 0 saturated carbocycles. The minimum absolute atomic E-state index is 0.0254. The first-order chi connectivity index (χ1) is 16.0. The summed E-state index contributed by atoms with van der Waals surface area (Å²) in [5, 5.41) is 0. The molecule has 0 radical (unpaired) electrons. The van der Waals surface area contributed by atoms with Crippen LogP contribution in [0.4, 0.5) is 0 Å². The molecule has 2 aromatic carbocycles. The molecule has 2 aliphatic rings. The molecule has 6 nitrogen and oxygen atoms in total. The fraction of sp³-hybridized carbons (Fsp3) is 0.407. The first kappa shape index (κ1) is 22.9. The summed E-state index contributed by atoms with van der Waals surface area (Å²) >= 11 is 0. The zero-order chi connectivity index (χ0) is 23.4. The second-order valence-electron chi connectivity index (χ2n) is 9.09. The summed E-state index contributed by atoms with van der Waals surface area (Å²) < 4.78 is 12.3. The van der Waals surface area contributed by atoms with Crippen LogP contribution < -0.4 is 15.2 Å². The van der Waals surface area contributed by atoms with E-state index in [1.54, 1.807) is 13.2 Å². The number of piperidine rings is 1. The van der Waals surface area contributed by atoms with Gasteiger partial charge in [-0.15, -0.1) is 0 Å². The summed E-state index contributed by atoms with van der Waals surface area (Å²) in [6, 6.07) is 15.3. The van der Waals surface area contributed by atoms with E-state index in [-0.39, 0.29) is 5.91 Å². The third-order valence-electron chi connectivity index (χ3n) is 6.51. The maximum Gasteiger partial charge on any atom is 0.253 e. The molecule has 0 atom stereocenters. The van der Waals surface area contributed by atoms with E-state index in [2.05, 4.69) is 18.8 Å². The Kier molecular flexibility index (Phi) is 6.72. The first-order valence-corrected chi connectivity index (χ1v) is 11.7. The molecule has 0 bridgehead atoms. The fourth-order valence-corrected chi connectivity index (χ4v) is 4.58. The lowest BCUT2D eigenvalue weighted by Gasteiger charge is -2.46. The summed E-state index contributed by atoms with van der Waals surface area (Å²) in [5.41, 5.74) is 8.89. The molecule has 1 fully saturated rings. The highest BCUT2D eigenvalue weighted by Crippen LogP contribution is 2.42. The second-order valence-corrected chi connectivity index (χ2v) is 9.09. The van der Waals surface area contributed by atoms with Crippen LogP contribution in [0.3, 0.4) is 0 Å². The van der Waals surface area contributed by atoms with E-state index in [0.29, 0.717) is 44.0 Å². The molecule has 2 aliphatic heterocycles. The Labute approximate surface area is 196 Å². The smallest absolute Gasteiger partial charge is 0.253 e. The number of carbonyl (C=O) groups is 1. The van der Waals surface area contributed by atoms with Crippen molar-refractivity contribution in [3.8, 4) is 11.5 Å². The lowest BCUT2D eigenvalue weighted by atomic mass is 9.78. The van der Waals surface area contributed by atoms with E-state index >= 15 is 0 Å². The number of nitrogens with zero attached hydrogens (tertiary/aromatic N) is 2. The molecule has 0 aliphatic carbocycles. The maximum absolute atomic E-state index is 13.1. The number of amides is 1. The monoisotopic (exact) mass is 447 g/mol. The van der Waals surface area contributed by atoms with Gasteiger partial charge in [0.2, 0.25) is 0 Å². The predicted octanol–water partition coefficient (Wildman–Crippen LogP) is 4.44. The standard InChI is InChI=1S/C27H33N3O3/c1-19(2)12-17-32-21-10-8-20(9-11-21)26(31)30-15-13-27(14-16-30)23(18-28)25(29-3)22-6-4-5-7-24(22)33-27/h4-11,18-19H,12-17,28H2,1-3H3. The van der Waals surface area contributed by atoms with Gasteiger partial charge in [-0.05, 0) is 48.7 Å². The van der Waals surface area contributed by atoms with Crippen LogP contribution in [-0.2, 0) is 0 Å². The molecule has 6 heteroatoms. The van der Waals surface area contributed by atoms with Gasteiger partial charge in [0.15, 0.2) is 0 Å². The van der Waals surface area contributed by atoms with Gasteiger partial charge >= 0.3 is 0 Å². The average molecular weight is 448 g/mol. The topological polar surface area (TPSA) is 77.2 Å². The Morgan fingerprint density at radius 1 is 1.18 bits per heavy atom. The van der Waals surface area contributed by atoms with Gasteiger partial charge in [-0.1, -0.05) is 26.0 Å². The normalized spacial score (nSPS) is 19.6. The largest absolute Gasteiger partial charge is 0.494 e. The number of fused-ring (bicyclic) bond motifs is 1. The second kappa shape index (κ2) is 9.69. The van der Waals surface area contributed by atoms with Gasteiger partial charge in [-0.25, -0.2) is 0 Å². The minimum Gasteiger partial charge on any atom is -0.494 e. The number of benzene rings is 2. The van der Waals surface area contributed by atoms with E-state index in [4.69, 9.17) is 15.2 Å². The summed E-state index contributed by atoms with van der Waals surface area (Å²) in [5.74, 6) is 2.24.